The van der Waals surface area contributed by atoms with E-state index in [2.05, 4.69) is 77.9 Å². The Morgan fingerprint density at radius 3 is 2.65 bits per heavy atom. The smallest absolute Gasteiger partial charge is 0.239 e. The Bertz CT molecular complexity index is 917. The van der Waals surface area contributed by atoms with Gasteiger partial charge < -0.3 is 20.9 Å². The van der Waals surface area contributed by atoms with Crippen LogP contribution in [0.2, 0.25) is 0 Å². The van der Waals surface area contributed by atoms with Crippen LogP contribution in [0.15, 0.2) is 29.3 Å². The average molecular weight is 426 g/mol. The third kappa shape index (κ3) is 5.99. The lowest BCUT2D eigenvalue weighted by Gasteiger charge is -2.28. The van der Waals surface area contributed by atoms with Crippen molar-refractivity contribution in [2.24, 2.45) is 12.0 Å². The monoisotopic (exact) mass is 425 g/mol. The van der Waals surface area contributed by atoms with Gasteiger partial charge in [0.25, 0.3) is 0 Å². The third-order valence-corrected chi connectivity index (χ3v) is 5.66. The Balaban J connectivity index is 1.60. The highest BCUT2D eigenvalue weighted by atomic mass is 16.2. The van der Waals surface area contributed by atoms with Gasteiger partial charge in [-0.25, -0.2) is 4.99 Å². The van der Waals surface area contributed by atoms with Crippen LogP contribution in [-0.4, -0.2) is 53.9 Å². The van der Waals surface area contributed by atoms with Crippen LogP contribution in [0.1, 0.15) is 36.4 Å². The van der Waals surface area contributed by atoms with Crippen LogP contribution in [0, 0.1) is 13.8 Å². The highest BCUT2D eigenvalue weighted by molar-refractivity contribution is 5.82. The molecule has 31 heavy (non-hydrogen) atoms. The molecule has 2 aromatic rings. The molecule has 3 rings (SSSR count). The van der Waals surface area contributed by atoms with Crippen LogP contribution in [0.4, 0.5) is 5.69 Å². The molecule has 168 valence electrons. The number of piperazine rings is 1. The molecule has 1 amide bonds. The summed E-state index contributed by atoms with van der Waals surface area (Å²) in [5.41, 5.74) is 5.79. The van der Waals surface area contributed by atoms with Crippen molar-refractivity contribution in [2.75, 3.05) is 31.1 Å². The molecule has 1 aromatic heterocycles. The van der Waals surface area contributed by atoms with E-state index < -0.39 is 0 Å². The summed E-state index contributed by atoms with van der Waals surface area (Å²) in [6, 6.07) is 8.54. The van der Waals surface area contributed by atoms with E-state index in [0.717, 1.165) is 42.4 Å². The minimum atomic E-state index is 0.0760. The number of nitrogens with zero attached hydrogens (tertiary/aromatic N) is 4. The molecular weight excluding hydrogens is 390 g/mol. The Hall–Kier alpha value is -3.03. The number of carbonyl (C=O) groups excluding carboxylic acids is 1. The van der Waals surface area contributed by atoms with Gasteiger partial charge in [-0.15, -0.1) is 0 Å². The van der Waals surface area contributed by atoms with Crippen LogP contribution in [0.25, 0.3) is 0 Å². The van der Waals surface area contributed by atoms with Crippen LogP contribution >= 0.6 is 0 Å². The maximum absolute atomic E-state index is 11.6. The molecule has 1 unspecified atom stereocenters. The second-order valence-electron chi connectivity index (χ2n) is 8.16. The molecule has 3 N–H and O–H groups in total. The number of anilines is 1. The molecule has 0 spiro atoms. The summed E-state index contributed by atoms with van der Waals surface area (Å²) >= 11 is 0. The lowest BCUT2D eigenvalue weighted by Crippen LogP contribution is -2.47. The van der Waals surface area contributed by atoms with Crippen molar-refractivity contribution in [2.45, 2.75) is 46.7 Å². The minimum absolute atomic E-state index is 0.0760. The zero-order valence-electron chi connectivity index (χ0n) is 19.3. The fourth-order valence-corrected chi connectivity index (χ4v) is 3.87. The lowest BCUT2D eigenvalue weighted by molar-refractivity contribution is -0.120. The first-order valence-electron chi connectivity index (χ1n) is 11.0. The number of rotatable bonds is 7. The van der Waals surface area contributed by atoms with Gasteiger partial charge in [-0.3, -0.25) is 9.48 Å². The Kier molecular flexibility index (Phi) is 7.55. The summed E-state index contributed by atoms with van der Waals surface area (Å²) in [7, 11) is 1.99. The number of benzene rings is 1. The Labute approximate surface area is 185 Å². The Morgan fingerprint density at radius 1 is 1.29 bits per heavy atom. The minimum Gasteiger partial charge on any atom is -0.360 e. The van der Waals surface area contributed by atoms with E-state index in [0.29, 0.717) is 19.6 Å². The highest BCUT2D eigenvalue weighted by Crippen LogP contribution is 2.17. The van der Waals surface area contributed by atoms with Gasteiger partial charge >= 0.3 is 0 Å². The van der Waals surface area contributed by atoms with Crippen molar-refractivity contribution in [1.29, 1.82) is 0 Å². The molecule has 0 radical (unpaired) electrons. The SMILES string of the molecule is CCNC(=NCc1ccc(N2CCNC(=O)C2)cc1)NC(C)Cc1c(C)nn(C)c1C. The van der Waals surface area contributed by atoms with Gasteiger partial charge in [0.2, 0.25) is 5.91 Å². The van der Waals surface area contributed by atoms with Gasteiger partial charge in [0, 0.05) is 44.1 Å². The standard InChI is InChI=1S/C23H35N7O/c1-6-24-23(27-16(2)13-21-17(3)28-29(5)18(21)4)26-14-19-7-9-20(10-8-19)30-12-11-25-22(31)15-30/h7-10,16H,6,11-15H2,1-5H3,(H,25,31)(H2,24,26,27). The van der Waals surface area contributed by atoms with E-state index in [9.17, 15) is 4.79 Å². The summed E-state index contributed by atoms with van der Waals surface area (Å²) < 4.78 is 1.94. The van der Waals surface area contributed by atoms with Crippen molar-refractivity contribution in [3.05, 3.63) is 46.8 Å². The van der Waals surface area contributed by atoms with E-state index in [1.54, 1.807) is 0 Å². The molecule has 1 saturated heterocycles. The van der Waals surface area contributed by atoms with Crippen molar-refractivity contribution >= 4 is 17.6 Å². The van der Waals surface area contributed by atoms with Crippen LogP contribution in [-0.2, 0) is 24.8 Å². The summed E-state index contributed by atoms with van der Waals surface area (Å²) in [5.74, 6) is 0.887. The summed E-state index contributed by atoms with van der Waals surface area (Å²) in [4.78, 5) is 18.5. The highest BCUT2D eigenvalue weighted by Gasteiger charge is 2.16. The molecule has 1 fully saturated rings. The fraction of sp³-hybridized carbons (Fsp3) is 0.522. The van der Waals surface area contributed by atoms with Crippen molar-refractivity contribution in [3.8, 4) is 0 Å². The van der Waals surface area contributed by atoms with Crippen molar-refractivity contribution < 1.29 is 4.79 Å². The van der Waals surface area contributed by atoms with Gasteiger partial charge in [-0.2, -0.15) is 5.10 Å². The van der Waals surface area contributed by atoms with E-state index in [1.165, 1.54) is 11.3 Å². The van der Waals surface area contributed by atoms with Gasteiger partial charge in [-0.05, 0) is 57.4 Å². The topological polar surface area (TPSA) is 86.6 Å². The van der Waals surface area contributed by atoms with Gasteiger partial charge in [-0.1, -0.05) is 12.1 Å². The van der Waals surface area contributed by atoms with Crippen LogP contribution in [0.5, 0.6) is 0 Å². The number of aryl methyl sites for hydroxylation is 2. The van der Waals surface area contributed by atoms with Crippen molar-refractivity contribution in [1.82, 2.24) is 25.7 Å². The molecule has 1 atom stereocenters. The molecule has 8 nitrogen and oxygen atoms in total. The molecule has 1 aliphatic heterocycles. The van der Waals surface area contributed by atoms with E-state index >= 15 is 0 Å². The van der Waals surface area contributed by atoms with Crippen LogP contribution in [0.3, 0.4) is 0 Å². The maximum Gasteiger partial charge on any atom is 0.239 e. The van der Waals surface area contributed by atoms with Crippen molar-refractivity contribution in [3.63, 3.8) is 0 Å². The van der Waals surface area contributed by atoms with E-state index in [-0.39, 0.29) is 11.9 Å². The molecule has 1 aliphatic rings. The first-order chi connectivity index (χ1) is 14.9. The molecule has 1 aromatic carbocycles. The van der Waals surface area contributed by atoms with Gasteiger partial charge in [0.15, 0.2) is 5.96 Å². The molecule has 8 heteroatoms. The van der Waals surface area contributed by atoms with E-state index in [4.69, 9.17) is 4.99 Å². The number of aliphatic imine (C=N–C) groups is 1. The second-order valence-corrected chi connectivity index (χ2v) is 8.16. The predicted octanol–water partition coefficient (Wildman–Crippen LogP) is 1.66. The number of carbonyl (C=O) groups is 1. The quantitative estimate of drug-likeness (QED) is 0.464. The normalized spacial score (nSPS) is 15.6. The number of hydrogen-bond acceptors (Lipinski definition) is 4. The number of nitrogens with one attached hydrogen (secondary N) is 3. The number of hydrogen-bond donors (Lipinski definition) is 3. The first-order valence-corrected chi connectivity index (χ1v) is 11.0. The Morgan fingerprint density at radius 2 is 2.03 bits per heavy atom. The van der Waals surface area contributed by atoms with Crippen LogP contribution < -0.4 is 20.9 Å². The molecule has 0 saturated carbocycles. The molecule has 0 bridgehead atoms. The number of aromatic nitrogens is 2. The average Bonchev–Trinajstić information content (AvgIpc) is 2.98. The second kappa shape index (κ2) is 10.3. The first kappa shape index (κ1) is 22.7. The number of guanidine groups is 1. The largest absolute Gasteiger partial charge is 0.360 e. The lowest BCUT2D eigenvalue weighted by atomic mass is 10.1. The third-order valence-electron chi connectivity index (χ3n) is 5.66. The molecular formula is C23H35N7O. The summed E-state index contributed by atoms with van der Waals surface area (Å²) in [6.45, 7) is 11.8. The predicted molar refractivity (Wildman–Crippen MR) is 125 cm³/mol. The number of amides is 1. The van der Waals surface area contributed by atoms with Gasteiger partial charge in [0.1, 0.15) is 0 Å². The zero-order chi connectivity index (χ0) is 22.4. The van der Waals surface area contributed by atoms with E-state index in [1.807, 2.05) is 11.7 Å². The molecule has 2 heterocycles. The summed E-state index contributed by atoms with van der Waals surface area (Å²) in [6.07, 6.45) is 0.897. The molecule has 0 aliphatic carbocycles. The zero-order valence-corrected chi connectivity index (χ0v) is 19.3. The fourth-order valence-electron chi connectivity index (χ4n) is 3.87. The summed E-state index contributed by atoms with van der Waals surface area (Å²) in [5, 5.41) is 14.2. The van der Waals surface area contributed by atoms with Gasteiger partial charge in [0.05, 0.1) is 18.8 Å². The maximum atomic E-state index is 11.6.